The smallest absolute Gasteiger partial charge is 0.189 e. The fraction of sp³-hybridized carbons (Fsp3) is 0.211. The van der Waals surface area contributed by atoms with E-state index in [2.05, 4.69) is 22.3 Å². The summed E-state index contributed by atoms with van der Waals surface area (Å²) in [6.07, 6.45) is 2.75. The van der Waals surface area contributed by atoms with Gasteiger partial charge in [-0.1, -0.05) is 41.9 Å². The molecule has 0 spiro atoms. The Labute approximate surface area is 141 Å². The second-order valence-corrected chi connectivity index (χ2v) is 6.02. The largest absolute Gasteiger partial charge is 0.372 e. The van der Waals surface area contributed by atoms with Gasteiger partial charge in [-0.15, -0.1) is 0 Å². The maximum absolute atomic E-state index is 12.4. The van der Waals surface area contributed by atoms with Crippen LogP contribution in [0.1, 0.15) is 22.3 Å². The second kappa shape index (κ2) is 7.34. The van der Waals surface area contributed by atoms with E-state index in [4.69, 9.17) is 11.6 Å². The molecule has 0 unspecified atom stereocenters. The maximum atomic E-state index is 12.4. The van der Waals surface area contributed by atoms with Gasteiger partial charge in [-0.05, 0) is 36.2 Å². The number of benzene rings is 2. The van der Waals surface area contributed by atoms with Gasteiger partial charge in [0.15, 0.2) is 5.78 Å². The molecule has 2 aromatic carbocycles. The van der Waals surface area contributed by atoms with E-state index < -0.39 is 0 Å². The van der Waals surface area contributed by atoms with Crippen molar-refractivity contribution in [2.75, 3.05) is 13.1 Å². The molecule has 1 N–H and O–H groups in total. The van der Waals surface area contributed by atoms with Gasteiger partial charge in [0.2, 0.25) is 0 Å². The average Bonchev–Trinajstić information content (AvgIpc) is 2.58. The van der Waals surface area contributed by atoms with Crippen molar-refractivity contribution in [2.24, 2.45) is 0 Å². The van der Waals surface area contributed by atoms with Crippen molar-refractivity contribution in [1.29, 1.82) is 0 Å². The summed E-state index contributed by atoms with van der Waals surface area (Å²) >= 11 is 5.87. The molecule has 1 saturated heterocycles. The minimum absolute atomic E-state index is 0.0101. The van der Waals surface area contributed by atoms with E-state index in [0.29, 0.717) is 10.6 Å². The zero-order valence-corrected chi connectivity index (χ0v) is 13.6. The van der Waals surface area contributed by atoms with Crippen molar-refractivity contribution in [3.63, 3.8) is 0 Å². The molecule has 0 bridgehead atoms. The minimum Gasteiger partial charge on any atom is -0.372 e. The van der Waals surface area contributed by atoms with Crippen LogP contribution in [0.5, 0.6) is 0 Å². The molecule has 0 radical (unpaired) electrons. The molecular weight excluding hydrogens is 308 g/mol. The van der Waals surface area contributed by atoms with Crippen LogP contribution in [-0.4, -0.2) is 23.8 Å². The Morgan fingerprint density at radius 3 is 2.61 bits per heavy atom. The predicted molar refractivity (Wildman–Crippen MR) is 93.3 cm³/mol. The predicted octanol–water partition coefficient (Wildman–Crippen LogP) is 3.86. The van der Waals surface area contributed by atoms with Gasteiger partial charge in [0.05, 0.1) is 0 Å². The van der Waals surface area contributed by atoms with Crippen molar-refractivity contribution >= 4 is 17.4 Å². The van der Waals surface area contributed by atoms with Crippen molar-refractivity contribution in [2.45, 2.75) is 13.0 Å². The maximum Gasteiger partial charge on any atom is 0.189 e. The lowest BCUT2D eigenvalue weighted by atomic mass is 10.1. The molecule has 23 heavy (non-hydrogen) atoms. The van der Waals surface area contributed by atoms with Gasteiger partial charge in [-0.25, -0.2) is 0 Å². The highest BCUT2D eigenvalue weighted by atomic mass is 35.5. The molecule has 0 aliphatic carbocycles. The Bertz CT molecular complexity index is 695. The van der Waals surface area contributed by atoms with E-state index in [9.17, 15) is 4.79 Å². The fourth-order valence-corrected chi connectivity index (χ4v) is 2.78. The first kappa shape index (κ1) is 15.6. The molecule has 0 saturated carbocycles. The minimum atomic E-state index is -0.0101. The summed E-state index contributed by atoms with van der Waals surface area (Å²) in [6, 6.07) is 17.3. The lowest BCUT2D eigenvalue weighted by Crippen LogP contribution is -2.39. The molecule has 0 atom stereocenters. The van der Waals surface area contributed by atoms with Gasteiger partial charge in [-0.3, -0.25) is 4.79 Å². The summed E-state index contributed by atoms with van der Waals surface area (Å²) in [4.78, 5) is 14.7. The number of allylic oxidation sites excluding steroid dienone is 1. The van der Waals surface area contributed by atoms with E-state index in [-0.39, 0.29) is 5.78 Å². The quantitative estimate of drug-likeness (QED) is 0.684. The number of nitrogens with zero attached hydrogens (tertiary/aromatic N) is 1. The van der Waals surface area contributed by atoms with E-state index in [1.54, 1.807) is 30.3 Å². The summed E-state index contributed by atoms with van der Waals surface area (Å²) in [5, 5.41) is 3.98. The van der Waals surface area contributed by atoms with Gasteiger partial charge >= 0.3 is 0 Å². The summed E-state index contributed by atoms with van der Waals surface area (Å²) in [7, 11) is 0. The number of rotatable bonds is 4. The fourth-order valence-electron chi connectivity index (χ4n) is 2.65. The highest BCUT2D eigenvalue weighted by Gasteiger charge is 2.16. The lowest BCUT2D eigenvalue weighted by Gasteiger charge is -2.32. The number of ketones is 1. The van der Waals surface area contributed by atoms with E-state index in [1.807, 2.05) is 18.2 Å². The second-order valence-electron chi connectivity index (χ2n) is 5.59. The van der Waals surface area contributed by atoms with Crippen molar-refractivity contribution in [3.8, 4) is 0 Å². The molecular formula is C19H19ClN2O. The van der Waals surface area contributed by atoms with E-state index >= 15 is 0 Å². The molecule has 2 aromatic rings. The first-order valence-electron chi connectivity index (χ1n) is 7.77. The van der Waals surface area contributed by atoms with Crippen LogP contribution in [0, 0.1) is 0 Å². The van der Waals surface area contributed by atoms with Crippen LogP contribution in [0.2, 0.25) is 5.02 Å². The van der Waals surface area contributed by atoms with Crippen molar-refractivity contribution < 1.29 is 4.79 Å². The molecule has 3 nitrogen and oxygen atoms in total. The molecule has 1 heterocycles. The van der Waals surface area contributed by atoms with Gasteiger partial charge in [0.25, 0.3) is 0 Å². The topological polar surface area (TPSA) is 32.3 Å². The zero-order chi connectivity index (χ0) is 16.1. The third-order valence-corrected chi connectivity index (χ3v) is 4.12. The van der Waals surface area contributed by atoms with Crippen LogP contribution < -0.4 is 5.32 Å². The Morgan fingerprint density at radius 1 is 1.13 bits per heavy atom. The summed E-state index contributed by atoms with van der Waals surface area (Å²) in [5.41, 5.74) is 1.88. The Balaban J connectivity index is 1.77. The highest BCUT2D eigenvalue weighted by Crippen LogP contribution is 2.16. The highest BCUT2D eigenvalue weighted by molar-refractivity contribution is 6.30. The van der Waals surface area contributed by atoms with Gasteiger partial charge in [0.1, 0.15) is 5.82 Å². The molecule has 0 aromatic heterocycles. The number of carbonyl (C=O) groups excluding carboxylic acids is 1. The third kappa shape index (κ3) is 4.14. The zero-order valence-electron chi connectivity index (χ0n) is 12.8. The number of nitrogens with one attached hydrogen (secondary N) is 1. The molecule has 3 rings (SSSR count). The summed E-state index contributed by atoms with van der Waals surface area (Å²) < 4.78 is 0. The van der Waals surface area contributed by atoms with Crippen LogP contribution >= 0.6 is 11.6 Å². The first-order chi connectivity index (χ1) is 11.2. The van der Waals surface area contributed by atoms with Crippen molar-refractivity contribution in [3.05, 3.63) is 82.6 Å². The SMILES string of the molecule is O=C(/C=C1\NCCCN1Cc1ccccc1)c1ccc(Cl)cc1. The summed E-state index contributed by atoms with van der Waals surface area (Å²) in [6.45, 7) is 2.64. The average molecular weight is 327 g/mol. The monoisotopic (exact) mass is 326 g/mol. The normalized spacial score (nSPS) is 16.2. The standard InChI is InChI=1S/C19H19ClN2O/c20-17-9-7-16(8-10-17)18(23)13-19-21-11-4-12-22(19)14-15-5-2-1-3-6-15/h1-3,5-10,13,21H,4,11-12,14H2/b19-13+. The molecule has 1 fully saturated rings. The number of carbonyl (C=O) groups is 1. The number of hydrogen-bond acceptors (Lipinski definition) is 3. The van der Waals surface area contributed by atoms with Crippen LogP contribution in [0.3, 0.4) is 0 Å². The van der Waals surface area contributed by atoms with Gasteiger partial charge < -0.3 is 10.2 Å². The first-order valence-corrected chi connectivity index (χ1v) is 8.14. The molecule has 118 valence electrons. The van der Waals surface area contributed by atoms with Crippen molar-refractivity contribution in [1.82, 2.24) is 10.2 Å². The van der Waals surface area contributed by atoms with Gasteiger partial charge in [-0.2, -0.15) is 0 Å². The van der Waals surface area contributed by atoms with E-state index in [1.165, 1.54) is 5.56 Å². The number of halogens is 1. The van der Waals surface area contributed by atoms with E-state index in [0.717, 1.165) is 31.9 Å². The molecule has 4 heteroatoms. The lowest BCUT2D eigenvalue weighted by molar-refractivity contribution is 0.104. The molecule has 0 amide bonds. The van der Waals surface area contributed by atoms with Crippen LogP contribution in [0.15, 0.2) is 66.5 Å². The van der Waals surface area contributed by atoms with Crippen LogP contribution in [0.25, 0.3) is 0 Å². The molecule has 1 aliphatic heterocycles. The van der Waals surface area contributed by atoms with Gasteiger partial charge in [0, 0.05) is 36.3 Å². The third-order valence-electron chi connectivity index (χ3n) is 3.86. The Morgan fingerprint density at radius 2 is 1.87 bits per heavy atom. The Kier molecular flexibility index (Phi) is 4.99. The Hall–Kier alpha value is -2.26. The van der Waals surface area contributed by atoms with Crippen LogP contribution in [0.4, 0.5) is 0 Å². The molecule has 1 aliphatic rings. The van der Waals surface area contributed by atoms with Crippen LogP contribution in [-0.2, 0) is 6.54 Å². The summed E-state index contributed by atoms with van der Waals surface area (Å²) in [5.74, 6) is 0.879. The number of hydrogen-bond donors (Lipinski definition) is 1.